The molecule has 0 radical (unpaired) electrons. The van der Waals surface area contributed by atoms with Crippen molar-refractivity contribution in [3.63, 3.8) is 0 Å². The fourth-order valence-electron chi connectivity index (χ4n) is 3.70. The number of aryl methyl sites for hydroxylation is 1. The van der Waals surface area contributed by atoms with Gasteiger partial charge in [0.1, 0.15) is 0 Å². The summed E-state index contributed by atoms with van der Waals surface area (Å²) in [5, 5.41) is 13.4. The first-order chi connectivity index (χ1) is 12.1. The van der Waals surface area contributed by atoms with Gasteiger partial charge < -0.3 is 14.5 Å². The Balaban J connectivity index is 1.58. The monoisotopic (exact) mass is 347 g/mol. The highest BCUT2D eigenvalue weighted by atomic mass is 16.5. The largest absolute Gasteiger partial charge is 0.481 e. The predicted molar refractivity (Wildman–Crippen MR) is 89.8 cm³/mol. The predicted octanol–water partition coefficient (Wildman–Crippen LogP) is 2.40. The zero-order valence-corrected chi connectivity index (χ0v) is 14.6. The third-order valence-corrected chi connectivity index (χ3v) is 5.18. The van der Waals surface area contributed by atoms with Crippen LogP contribution in [-0.2, 0) is 16.0 Å². The summed E-state index contributed by atoms with van der Waals surface area (Å²) in [7, 11) is 0. The molecule has 0 bridgehead atoms. The second-order valence-corrected chi connectivity index (χ2v) is 6.89. The molecule has 25 heavy (non-hydrogen) atoms. The molecule has 136 valence electrons. The molecular formula is C18H25N3O4. The Bertz CT molecular complexity index is 647. The summed E-state index contributed by atoms with van der Waals surface area (Å²) in [4.78, 5) is 30.4. The molecule has 2 atom stereocenters. The molecule has 1 aromatic heterocycles. The number of aromatic nitrogens is 2. The van der Waals surface area contributed by atoms with Gasteiger partial charge in [0, 0.05) is 25.4 Å². The molecule has 1 aromatic rings. The number of rotatable bonds is 5. The van der Waals surface area contributed by atoms with E-state index in [0.29, 0.717) is 31.8 Å². The van der Waals surface area contributed by atoms with Gasteiger partial charge in [-0.25, -0.2) is 0 Å². The van der Waals surface area contributed by atoms with Crippen molar-refractivity contribution in [1.29, 1.82) is 0 Å². The van der Waals surface area contributed by atoms with Crippen LogP contribution < -0.4 is 0 Å². The van der Waals surface area contributed by atoms with Crippen LogP contribution in [0.25, 0.3) is 0 Å². The molecule has 2 unspecified atom stereocenters. The molecule has 7 nitrogen and oxygen atoms in total. The minimum Gasteiger partial charge on any atom is -0.481 e. The molecule has 1 fully saturated rings. The van der Waals surface area contributed by atoms with E-state index in [1.165, 1.54) is 0 Å². The molecule has 1 aliphatic heterocycles. The second kappa shape index (κ2) is 7.80. The molecule has 0 aromatic carbocycles. The molecule has 0 saturated carbocycles. The van der Waals surface area contributed by atoms with Gasteiger partial charge in [-0.15, -0.1) is 0 Å². The van der Waals surface area contributed by atoms with Crippen molar-refractivity contribution in [3.05, 3.63) is 23.9 Å². The van der Waals surface area contributed by atoms with Gasteiger partial charge in [-0.05, 0) is 32.1 Å². The maximum atomic E-state index is 12.8. The zero-order valence-electron chi connectivity index (χ0n) is 14.6. The van der Waals surface area contributed by atoms with Crippen LogP contribution in [0.4, 0.5) is 0 Å². The first-order valence-corrected chi connectivity index (χ1v) is 9.09. The molecular weight excluding hydrogens is 322 g/mol. The van der Waals surface area contributed by atoms with E-state index in [9.17, 15) is 14.7 Å². The number of carboxylic acids is 1. The van der Waals surface area contributed by atoms with E-state index in [0.717, 1.165) is 31.5 Å². The summed E-state index contributed by atoms with van der Waals surface area (Å²) < 4.78 is 5.37. The molecule has 1 N–H and O–H groups in total. The molecule has 1 saturated heterocycles. The Morgan fingerprint density at radius 3 is 2.56 bits per heavy atom. The normalized spacial score (nSPS) is 24.4. The third kappa shape index (κ3) is 3.91. The van der Waals surface area contributed by atoms with Crippen molar-refractivity contribution in [2.24, 2.45) is 11.8 Å². The highest BCUT2D eigenvalue weighted by molar-refractivity contribution is 5.85. The smallest absolute Gasteiger partial charge is 0.307 e. The Hall–Kier alpha value is -2.18. The number of hydrogen-bond acceptors (Lipinski definition) is 5. The average molecular weight is 347 g/mol. The van der Waals surface area contributed by atoms with Crippen molar-refractivity contribution in [1.82, 2.24) is 15.0 Å². The van der Waals surface area contributed by atoms with Crippen LogP contribution in [0, 0.1) is 11.8 Å². The number of hydrogen-bond donors (Lipinski definition) is 1. The van der Waals surface area contributed by atoms with E-state index >= 15 is 0 Å². The molecule has 1 amide bonds. The van der Waals surface area contributed by atoms with Gasteiger partial charge in [-0.1, -0.05) is 24.2 Å². The molecule has 2 aliphatic rings. The van der Waals surface area contributed by atoms with Crippen LogP contribution in [0.1, 0.15) is 56.7 Å². The highest BCUT2D eigenvalue weighted by Crippen LogP contribution is 2.31. The van der Waals surface area contributed by atoms with E-state index in [4.69, 9.17) is 4.52 Å². The molecule has 0 spiro atoms. The average Bonchev–Trinajstić information content (AvgIpc) is 3.10. The Kier molecular flexibility index (Phi) is 5.50. The summed E-state index contributed by atoms with van der Waals surface area (Å²) in [6, 6.07) is 0. The lowest BCUT2D eigenvalue weighted by Gasteiger charge is -2.35. The van der Waals surface area contributed by atoms with Gasteiger partial charge in [0.15, 0.2) is 5.82 Å². The number of aliphatic carboxylic acids is 1. The van der Waals surface area contributed by atoms with Crippen LogP contribution in [0.3, 0.4) is 0 Å². The van der Waals surface area contributed by atoms with E-state index in [1.807, 2.05) is 12.2 Å². The molecule has 3 rings (SSSR count). The van der Waals surface area contributed by atoms with E-state index in [2.05, 4.69) is 17.1 Å². The van der Waals surface area contributed by atoms with Crippen LogP contribution in [0.2, 0.25) is 0 Å². The van der Waals surface area contributed by atoms with Crippen LogP contribution in [-0.4, -0.2) is 45.1 Å². The fraction of sp³-hybridized carbons (Fsp3) is 0.667. The molecule has 2 heterocycles. The second-order valence-electron chi connectivity index (χ2n) is 6.89. The Morgan fingerprint density at radius 1 is 1.24 bits per heavy atom. The Labute approximate surface area is 147 Å². The van der Waals surface area contributed by atoms with Crippen LogP contribution >= 0.6 is 0 Å². The van der Waals surface area contributed by atoms with Gasteiger partial charge in [0.05, 0.1) is 11.8 Å². The summed E-state index contributed by atoms with van der Waals surface area (Å²) in [5.41, 5.74) is 0. The molecule has 1 aliphatic carbocycles. The van der Waals surface area contributed by atoms with Gasteiger partial charge in [-0.3, -0.25) is 9.59 Å². The summed E-state index contributed by atoms with van der Waals surface area (Å²) in [6.07, 6.45) is 8.07. The number of piperidine rings is 1. The molecule has 7 heteroatoms. The quantitative estimate of drug-likeness (QED) is 0.822. The summed E-state index contributed by atoms with van der Waals surface area (Å²) >= 11 is 0. The van der Waals surface area contributed by atoms with Crippen molar-refractivity contribution in [2.45, 2.75) is 51.4 Å². The highest BCUT2D eigenvalue weighted by Gasteiger charge is 2.38. The lowest BCUT2D eigenvalue weighted by atomic mass is 9.81. The topological polar surface area (TPSA) is 96.5 Å². The minimum absolute atomic E-state index is 0.0348. The van der Waals surface area contributed by atoms with E-state index in [1.54, 1.807) is 4.90 Å². The SMILES string of the molecule is CCCc1noc(C2CCN(C(=O)C3CC=CCC3C(=O)O)CC2)n1. The van der Waals surface area contributed by atoms with Gasteiger partial charge >= 0.3 is 5.97 Å². The standard InChI is InChI=1S/C18H25N3O4/c1-2-5-15-19-16(25-20-15)12-8-10-21(11-9-12)17(22)13-6-3-4-7-14(13)18(23)24/h3-4,12-14H,2,5-11H2,1H3,(H,23,24). The first kappa shape index (κ1) is 17.6. The number of likely N-dealkylation sites (tertiary alicyclic amines) is 1. The number of allylic oxidation sites excluding steroid dienone is 2. The van der Waals surface area contributed by atoms with Crippen molar-refractivity contribution >= 4 is 11.9 Å². The van der Waals surface area contributed by atoms with Crippen molar-refractivity contribution < 1.29 is 19.2 Å². The summed E-state index contributed by atoms with van der Waals surface area (Å²) in [5.74, 6) is -0.377. The third-order valence-electron chi connectivity index (χ3n) is 5.18. The fourth-order valence-corrected chi connectivity index (χ4v) is 3.70. The number of carboxylic acid groups (broad SMARTS) is 1. The number of amides is 1. The first-order valence-electron chi connectivity index (χ1n) is 9.09. The van der Waals surface area contributed by atoms with E-state index in [-0.39, 0.29) is 11.8 Å². The maximum absolute atomic E-state index is 12.8. The Morgan fingerprint density at radius 2 is 1.92 bits per heavy atom. The lowest BCUT2D eigenvalue weighted by molar-refractivity contribution is -0.151. The van der Waals surface area contributed by atoms with Crippen molar-refractivity contribution in [3.8, 4) is 0 Å². The minimum atomic E-state index is -0.883. The zero-order chi connectivity index (χ0) is 17.8. The maximum Gasteiger partial charge on any atom is 0.307 e. The van der Waals surface area contributed by atoms with Crippen LogP contribution in [0.15, 0.2) is 16.7 Å². The number of nitrogens with zero attached hydrogens (tertiary/aromatic N) is 3. The van der Waals surface area contributed by atoms with Crippen LogP contribution in [0.5, 0.6) is 0 Å². The summed E-state index contributed by atoms with van der Waals surface area (Å²) in [6.45, 7) is 3.30. The number of carbonyl (C=O) groups is 2. The lowest BCUT2D eigenvalue weighted by Crippen LogP contribution is -2.45. The van der Waals surface area contributed by atoms with Crippen molar-refractivity contribution in [2.75, 3.05) is 13.1 Å². The van der Waals surface area contributed by atoms with Gasteiger partial charge in [0.25, 0.3) is 0 Å². The number of carbonyl (C=O) groups excluding carboxylic acids is 1. The van der Waals surface area contributed by atoms with Gasteiger partial charge in [-0.2, -0.15) is 4.98 Å². The van der Waals surface area contributed by atoms with E-state index < -0.39 is 17.8 Å². The van der Waals surface area contributed by atoms with Gasteiger partial charge in [0.2, 0.25) is 11.8 Å².